The van der Waals surface area contributed by atoms with Gasteiger partial charge in [-0.25, -0.2) is 4.98 Å². The molecule has 5 nitrogen and oxygen atoms in total. The molecule has 6 N–H and O–H groups in total. The lowest BCUT2D eigenvalue weighted by atomic mass is 9.99. The van der Waals surface area contributed by atoms with Crippen molar-refractivity contribution in [3.8, 4) is 11.3 Å². The Kier molecular flexibility index (Phi) is 10.4. The van der Waals surface area contributed by atoms with E-state index in [4.69, 9.17) is 17.2 Å². The van der Waals surface area contributed by atoms with Gasteiger partial charge in [0.25, 0.3) is 0 Å². The molecule has 0 atom stereocenters. The molecule has 0 aliphatic heterocycles. The smallest absolute Gasteiger partial charge is 0.222 e. The first-order valence-electron chi connectivity index (χ1n) is 7.87. The van der Waals surface area contributed by atoms with Gasteiger partial charge >= 0.3 is 0 Å². The fraction of sp³-hybridized carbons (Fsp3) is 0.412. The molecule has 0 bridgehead atoms. The molecule has 0 spiro atoms. The molecule has 0 radical (unpaired) electrons. The first-order chi connectivity index (χ1) is 10.7. The van der Waals surface area contributed by atoms with E-state index < -0.39 is 0 Å². The number of nitrogen functional groups attached to an aromatic ring is 2. The first kappa shape index (κ1) is 22.4. The number of aryl methyl sites for hydroxylation is 1. The Balaban J connectivity index is 0.00000264. The normalized spacial score (nSPS) is 9.92. The van der Waals surface area contributed by atoms with E-state index in [0.717, 1.165) is 36.1 Å². The van der Waals surface area contributed by atoms with Gasteiger partial charge < -0.3 is 17.2 Å². The highest BCUT2D eigenvalue weighted by molar-refractivity contribution is 5.85. The summed E-state index contributed by atoms with van der Waals surface area (Å²) in [6, 6.07) is 8.42. The second-order valence-corrected chi connectivity index (χ2v) is 5.49. The number of unbranched alkanes of at least 4 members (excludes halogenated alkanes) is 1. The van der Waals surface area contributed by atoms with Crippen LogP contribution in [0.25, 0.3) is 11.3 Å². The van der Waals surface area contributed by atoms with E-state index in [1.165, 1.54) is 18.4 Å². The van der Waals surface area contributed by atoms with E-state index in [0.29, 0.717) is 12.4 Å². The Morgan fingerprint density at radius 1 is 1.00 bits per heavy atom. The summed E-state index contributed by atoms with van der Waals surface area (Å²) in [5.41, 5.74) is 21.6. The van der Waals surface area contributed by atoms with Crippen LogP contribution in [0.2, 0.25) is 0 Å². The molecule has 0 aliphatic carbocycles. The molecule has 2 aromatic rings. The molecule has 0 aliphatic rings. The molecule has 0 amide bonds. The maximum atomic E-state index is 6.05. The Bertz CT molecular complexity index is 634. The summed E-state index contributed by atoms with van der Waals surface area (Å²) in [6.07, 6.45) is 5.03. The summed E-state index contributed by atoms with van der Waals surface area (Å²) in [5.74, 6) is 0.665. The van der Waals surface area contributed by atoms with Crippen molar-refractivity contribution < 1.29 is 0 Å². The average Bonchev–Trinajstić information content (AvgIpc) is 2.52. The second-order valence-electron chi connectivity index (χ2n) is 5.49. The van der Waals surface area contributed by atoms with Gasteiger partial charge in [0.05, 0.1) is 5.69 Å². The number of aromatic nitrogens is 2. The van der Waals surface area contributed by atoms with E-state index in [1.807, 2.05) is 6.07 Å². The summed E-state index contributed by atoms with van der Waals surface area (Å²) in [4.78, 5) is 8.51. The van der Waals surface area contributed by atoms with Crippen LogP contribution in [0.5, 0.6) is 0 Å². The summed E-state index contributed by atoms with van der Waals surface area (Å²) < 4.78 is 0. The minimum Gasteiger partial charge on any atom is -0.383 e. The zero-order valence-corrected chi connectivity index (χ0v) is 15.6. The van der Waals surface area contributed by atoms with Gasteiger partial charge in [0.15, 0.2) is 0 Å². The number of hydrogen-bond donors (Lipinski definition) is 3. The van der Waals surface area contributed by atoms with Gasteiger partial charge in [-0.3, -0.25) is 0 Å². The van der Waals surface area contributed by atoms with Gasteiger partial charge in [0.1, 0.15) is 5.82 Å². The third-order valence-electron chi connectivity index (χ3n) is 3.71. The van der Waals surface area contributed by atoms with Crippen molar-refractivity contribution in [1.29, 1.82) is 0 Å². The molecule has 0 saturated carbocycles. The Morgan fingerprint density at radius 3 is 2.42 bits per heavy atom. The van der Waals surface area contributed by atoms with E-state index in [1.54, 1.807) is 0 Å². The number of anilines is 2. The topological polar surface area (TPSA) is 104 Å². The average molecular weight is 372 g/mol. The number of rotatable bonds is 7. The SMILES string of the molecule is CCCCc1cccc(-c2nc(N)nc(N)c2CCCN)c1.Cl.Cl. The van der Waals surface area contributed by atoms with E-state index in [2.05, 4.69) is 35.1 Å². The fourth-order valence-corrected chi connectivity index (χ4v) is 2.54. The van der Waals surface area contributed by atoms with Crippen molar-refractivity contribution in [3.05, 3.63) is 35.4 Å². The molecule has 134 valence electrons. The third kappa shape index (κ3) is 5.82. The molecule has 2 rings (SSSR count). The lowest BCUT2D eigenvalue weighted by Crippen LogP contribution is -2.09. The summed E-state index contributed by atoms with van der Waals surface area (Å²) in [6.45, 7) is 2.81. The third-order valence-corrected chi connectivity index (χ3v) is 3.71. The summed E-state index contributed by atoms with van der Waals surface area (Å²) in [7, 11) is 0. The predicted octanol–water partition coefficient (Wildman–Crippen LogP) is 3.39. The van der Waals surface area contributed by atoms with E-state index in [-0.39, 0.29) is 30.8 Å². The molecule has 0 unspecified atom stereocenters. The maximum Gasteiger partial charge on any atom is 0.222 e. The molecule has 0 saturated heterocycles. The molecule has 24 heavy (non-hydrogen) atoms. The number of halogens is 2. The van der Waals surface area contributed by atoms with Crippen LogP contribution in [0.1, 0.15) is 37.3 Å². The van der Waals surface area contributed by atoms with Gasteiger partial charge in [0.2, 0.25) is 5.95 Å². The predicted molar refractivity (Wildman–Crippen MR) is 107 cm³/mol. The van der Waals surface area contributed by atoms with Crippen molar-refractivity contribution in [2.24, 2.45) is 5.73 Å². The van der Waals surface area contributed by atoms with Crippen LogP contribution in [0.15, 0.2) is 24.3 Å². The molecule has 1 aromatic carbocycles. The molecular weight excluding hydrogens is 345 g/mol. The van der Waals surface area contributed by atoms with Crippen LogP contribution in [0.4, 0.5) is 11.8 Å². The molecule has 1 aromatic heterocycles. The van der Waals surface area contributed by atoms with E-state index >= 15 is 0 Å². The number of nitrogens with two attached hydrogens (primary N) is 3. The quantitative estimate of drug-likeness (QED) is 0.691. The zero-order valence-electron chi connectivity index (χ0n) is 14.0. The molecule has 1 heterocycles. The van der Waals surface area contributed by atoms with Crippen LogP contribution in [0, 0.1) is 0 Å². The van der Waals surface area contributed by atoms with Crippen LogP contribution in [-0.4, -0.2) is 16.5 Å². The van der Waals surface area contributed by atoms with Crippen LogP contribution in [0.3, 0.4) is 0 Å². The molecule has 7 heteroatoms. The van der Waals surface area contributed by atoms with E-state index in [9.17, 15) is 0 Å². The highest BCUT2D eigenvalue weighted by atomic mass is 35.5. The number of hydrogen-bond acceptors (Lipinski definition) is 5. The standard InChI is InChI=1S/C17H25N5.2ClH/c1-2-3-6-12-7-4-8-13(11-12)15-14(9-5-10-18)16(19)22-17(20)21-15;;/h4,7-8,11H,2-3,5-6,9-10,18H2,1H3,(H4,19,20,21,22);2*1H. The van der Waals surface area contributed by atoms with Crippen LogP contribution < -0.4 is 17.2 Å². The van der Waals surface area contributed by atoms with Gasteiger partial charge in [-0.2, -0.15) is 4.98 Å². The molecule has 0 fully saturated rings. The monoisotopic (exact) mass is 371 g/mol. The lowest BCUT2D eigenvalue weighted by molar-refractivity contribution is 0.795. The first-order valence-corrected chi connectivity index (χ1v) is 7.87. The minimum atomic E-state index is 0. The molecular formula is C17H27Cl2N5. The van der Waals surface area contributed by atoms with Gasteiger partial charge in [0, 0.05) is 11.1 Å². The Hall–Kier alpha value is -1.56. The zero-order chi connectivity index (χ0) is 15.9. The number of nitrogens with zero attached hydrogens (tertiary/aromatic N) is 2. The fourth-order valence-electron chi connectivity index (χ4n) is 2.54. The van der Waals surface area contributed by atoms with Gasteiger partial charge in [-0.1, -0.05) is 31.5 Å². The van der Waals surface area contributed by atoms with Crippen LogP contribution >= 0.6 is 24.8 Å². The van der Waals surface area contributed by atoms with Crippen molar-refractivity contribution in [2.45, 2.75) is 39.0 Å². The Labute approximate surface area is 156 Å². The van der Waals surface area contributed by atoms with Gasteiger partial charge in [-0.15, -0.1) is 24.8 Å². The Morgan fingerprint density at radius 2 is 1.75 bits per heavy atom. The minimum absolute atomic E-state index is 0. The van der Waals surface area contributed by atoms with Crippen molar-refractivity contribution >= 4 is 36.6 Å². The van der Waals surface area contributed by atoms with Crippen molar-refractivity contribution in [2.75, 3.05) is 18.0 Å². The summed E-state index contributed by atoms with van der Waals surface area (Å²) in [5, 5.41) is 0. The van der Waals surface area contributed by atoms with Crippen molar-refractivity contribution in [1.82, 2.24) is 9.97 Å². The van der Waals surface area contributed by atoms with Crippen LogP contribution in [-0.2, 0) is 12.8 Å². The van der Waals surface area contributed by atoms with Gasteiger partial charge in [-0.05, 0) is 43.9 Å². The largest absolute Gasteiger partial charge is 0.383 e. The highest BCUT2D eigenvalue weighted by Gasteiger charge is 2.13. The summed E-state index contributed by atoms with van der Waals surface area (Å²) >= 11 is 0. The maximum absolute atomic E-state index is 6.05. The second kappa shape index (κ2) is 11.1. The number of benzene rings is 1. The van der Waals surface area contributed by atoms with Crippen molar-refractivity contribution in [3.63, 3.8) is 0 Å². The lowest BCUT2D eigenvalue weighted by Gasteiger charge is -2.12. The highest BCUT2D eigenvalue weighted by Crippen LogP contribution is 2.28.